The van der Waals surface area contributed by atoms with Crippen LogP contribution in [0.2, 0.25) is 0 Å². The predicted molar refractivity (Wildman–Crippen MR) is 80.9 cm³/mol. The molecule has 0 spiro atoms. The number of aliphatic hydroxyl groups excluding tert-OH is 2. The van der Waals surface area contributed by atoms with Gasteiger partial charge in [-0.1, -0.05) is 14.0 Å². The molecule has 114 valence electrons. The summed E-state index contributed by atoms with van der Waals surface area (Å²) in [6.07, 6.45) is 1.67. The van der Waals surface area contributed by atoms with E-state index in [1.807, 2.05) is 18.4 Å². The Morgan fingerprint density at radius 2 is 2.10 bits per heavy atom. The maximum Gasteiger partial charge on any atom is 0.164 e. The van der Waals surface area contributed by atoms with Crippen molar-refractivity contribution in [3.05, 3.63) is 30.0 Å². The van der Waals surface area contributed by atoms with Crippen molar-refractivity contribution < 1.29 is 10.2 Å². The third kappa shape index (κ3) is 2.34. The summed E-state index contributed by atoms with van der Waals surface area (Å²) in [6, 6.07) is -0.0825. The number of fused-ring (bicyclic) bond motifs is 1. The molecule has 2 aromatic rings. The number of hydrogen-bond acceptors (Lipinski definition) is 5. The van der Waals surface area contributed by atoms with Gasteiger partial charge < -0.3 is 14.8 Å². The molecule has 0 aliphatic heterocycles. The Bertz CT molecular complexity index is 680. The molecule has 1 saturated carbocycles. The van der Waals surface area contributed by atoms with Gasteiger partial charge in [-0.25, -0.2) is 15.0 Å². The van der Waals surface area contributed by atoms with Crippen LogP contribution < -0.4 is 0 Å². The second-order valence-corrected chi connectivity index (χ2v) is 5.36. The van der Waals surface area contributed by atoms with Crippen molar-refractivity contribution in [3.63, 3.8) is 0 Å². The maximum atomic E-state index is 10.0. The lowest BCUT2D eigenvalue weighted by atomic mass is 10.0. The first-order valence-electron chi connectivity index (χ1n) is 6.68. The highest BCUT2D eigenvalue weighted by atomic mass is 16.3. The van der Waals surface area contributed by atoms with Crippen molar-refractivity contribution in [2.75, 3.05) is 6.61 Å². The van der Waals surface area contributed by atoms with Crippen LogP contribution >= 0.6 is 0 Å². The Balaban J connectivity index is 0.00000161. The summed E-state index contributed by atoms with van der Waals surface area (Å²) in [6.45, 7) is 7.70. The molecule has 0 radical (unpaired) electrons. The minimum atomic E-state index is -0.570. The fraction of sp³-hybridized carbons (Fsp3) is 0.533. The molecule has 0 unspecified atom stereocenters. The van der Waals surface area contributed by atoms with Crippen LogP contribution in [0.15, 0.2) is 18.5 Å². The molecule has 21 heavy (non-hydrogen) atoms. The van der Waals surface area contributed by atoms with Gasteiger partial charge in [0.2, 0.25) is 0 Å². The normalized spacial score (nSPS) is 25.3. The van der Waals surface area contributed by atoms with Gasteiger partial charge in [-0.15, -0.1) is 0 Å². The van der Waals surface area contributed by atoms with E-state index in [1.54, 1.807) is 6.33 Å². The molecule has 0 saturated heterocycles. The molecular weight excluding hydrogens is 268 g/mol. The zero-order chi connectivity index (χ0) is 14.4. The smallest absolute Gasteiger partial charge is 0.164 e. The fourth-order valence-electron chi connectivity index (χ4n) is 2.99. The minimum Gasteiger partial charge on any atom is -0.396 e. The molecule has 0 bridgehead atoms. The number of imidazole rings is 1. The van der Waals surface area contributed by atoms with Crippen molar-refractivity contribution in [1.29, 1.82) is 0 Å². The Morgan fingerprint density at radius 3 is 2.71 bits per heavy atom. The first kappa shape index (κ1) is 15.6. The van der Waals surface area contributed by atoms with Gasteiger partial charge in [0.05, 0.1) is 30.8 Å². The van der Waals surface area contributed by atoms with Crippen LogP contribution in [0, 0.1) is 19.8 Å². The van der Waals surface area contributed by atoms with Crippen LogP contribution in [-0.4, -0.2) is 42.4 Å². The van der Waals surface area contributed by atoms with E-state index in [9.17, 15) is 10.2 Å². The lowest BCUT2D eigenvalue weighted by molar-refractivity contribution is 0.101. The first-order valence-corrected chi connectivity index (χ1v) is 6.68. The molecule has 6 heteroatoms. The van der Waals surface area contributed by atoms with Crippen LogP contribution in [0.1, 0.15) is 31.4 Å². The fourth-order valence-corrected chi connectivity index (χ4v) is 2.99. The first-order chi connectivity index (χ1) is 9.52. The molecule has 3 rings (SSSR count). The van der Waals surface area contributed by atoms with E-state index in [1.165, 1.54) is 0 Å². The quantitative estimate of drug-likeness (QED) is 0.820. The summed E-state index contributed by atoms with van der Waals surface area (Å²) >= 11 is 0. The zero-order valence-corrected chi connectivity index (χ0v) is 11.6. The molecule has 2 N–H and O–H groups in total. The van der Waals surface area contributed by atoms with E-state index in [4.69, 9.17) is 0 Å². The zero-order valence-electron chi connectivity index (χ0n) is 11.6. The number of nitrogens with zero attached hydrogens (tertiary/aromatic N) is 4. The minimum absolute atomic E-state index is 0. The van der Waals surface area contributed by atoms with Crippen LogP contribution in [0.3, 0.4) is 0 Å². The number of rotatable bonds is 2. The topological polar surface area (TPSA) is 84.1 Å². The largest absolute Gasteiger partial charge is 0.396 e. The Morgan fingerprint density at radius 1 is 1.38 bits per heavy atom. The van der Waals surface area contributed by atoms with Gasteiger partial charge in [0.25, 0.3) is 0 Å². The number of hydrogen-bond donors (Lipinski definition) is 2. The van der Waals surface area contributed by atoms with Gasteiger partial charge in [-0.2, -0.15) is 0 Å². The number of aromatic nitrogens is 4. The Labute approximate surface area is 124 Å². The number of aliphatic hydroxyl groups is 2. The van der Waals surface area contributed by atoms with Crippen molar-refractivity contribution in [2.45, 2.75) is 39.8 Å². The van der Waals surface area contributed by atoms with Crippen LogP contribution in [0.5, 0.6) is 0 Å². The van der Waals surface area contributed by atoms with E-state index in [0.29, 0.717) is 12.2 Å². The molecule has 3 atom stereocenters. The third-order valence-corrected chi connectivity index (χ3v) is 4.07. The second-order valence-electron chi connectivity index (χ2n) is 5.36. The van der Waals surface area contributed by atoms with Gasteiger partial charge in [-0.05, 0) is 25.8 Å². The molecular formula is C15H22N4O2. The van der Waals surface area contributed by atoms with Crippen LogP contribution in [-0.2, 0) is 0 Å². The van der Waals surface area contributed by atoms with E-state index >= 15 is 0 Å². The molecule has 2 aromatic heterocycles. The summed E-state index contributed by atoms with van der Waals surface area (Å²) in [5, 5.41) is 19.4. The average Bonchev–Trinajstić information content (AvgIpc) is 2.91. The van der Waals surface area contributed by atoms with Crippen molar-refractivity contribution in [3.8, 4) is 0 Å². The summed E-state index contributed by atoms with van der Waals surface area (Å²) < 4.78 is 1.93. The van der Waals surface area contributed by atoms with Gasteiger partial charge in [0.15, 0.2) is 5.65 Å². The highest BCUT2D eigenvalue weighted by Gasteiger charge is 2.37. The SMILES string of the molecule is C.C=C1[C@H](CO)[C@@H](O)C[C@@H]1n1cnc2c(C)nc(C)nc21. The maximum absolute atomic E-state index is 10.0. The summed E-state index contributed by atoms with van der Waals surface area (Å²) in [5.41, 5.74) is 3.19. The van der Waals surface area contributed by atoms with Crippen molar-refractivity contribution in [1.82, 2.24) is 19.5 Å². The summed E-state index contributed by atoms with van der Waals surface area (Å²) in [5.74, 6) is 0.418. The third-order valence-electron chi connectivity index (χ3n) is 4.07. The lowest BCUT2D eigenvalue weighted by Crippen LogP contribution is -2.17. The lowest BCUT2D eigenvalue weighted by Gasteiger charge is -2.15. The van der Waals surface area contributed by atoms with Gasteiger partial charge in [0.1, 0.15) is 11.3 Å². The highest BCUT2D eigenvalue weighted by molar-refractivity contribution is 5.73. The van der Waals surface area contributed by atoms with E-state index in [2.05, 4.69) is 21.5 Å². The van der Waals surface area contributed by atoms with E-state index < -0.39 is 6.10 Å². The van der Waals surface area contributed by atoms with E-state index in [0.717, 1.165) is 22.4 Å². The molecule has 0 aromatic carbocycles. The van der Waals surface area contributed by atoms with Gasteiger partial charge in [0, 0.05) is 5.92 Å². The average molecular weight is 290 g/mol. The summed E-state index contributed by atoms with van der Waals surface area (Å²) in [4.78, 5) is 13.1. The van der Waals surface area contributed by atoms with Crippen molar-refractivity contribution in [2.24, 2.45) is 5.92 Å². The van der Waals surface area contributed by atoms with E-state index in [-0.39, 0.29) is 26.0 Å². The predicted octanol–water partition coefficient (Wildman–Crippen LogP) is 1.55. The van der Waals surface area contributed by atoms with Gasteiger partial charge in [-0.3, -0.25) is 0 Å². The van der Waals surface area contributed by atoms with Crippen LogP contribution in [0.25, 0.3) is 11.2 Å². The molecule has 1 aliphatic rings. The molecule has 0 amide bonds. The molecule has 2 heterocycles. The highest BCUT2D eigenvalue weighted by Crippen LogP contribution is 2.40. The Kier molecular flexibility index (Phi) is 4.11. The Hall–Kier alpha value is -1.79. The van der Waals surface area contributed by atoms with Crippen LogP contribution in [0.4, 0.5) is 0 Å². The second kappa shape index (κ2) is 5.54. The molecule has 6 nitrogen and oxygen atoms in total. The van der Waals surface area contributed by atoms with Gasteiger partial charge >= 0.3 is 0 Å². The van der Waals surface area contributed by atoms with Crippen molar-refractivity contribution >= 4 is 11.2 Å². The molecule has 1 fully saturated rings. The number of aryl methyl sites for hydroxylation is 2. The standard InChI is InChI=1S/C14H18N4O2.CH4/c1-7-10(5-19)12(20)4-11(7)18-6-15-13-8(2)16-9(3)17-14(13)18;/h6,10-12,19-20H,1,4-5H2,2-3H3;1H4/t10-,11-,12-;/m0./s1. The molecule has 1 aliphatic carbocycles. The monoisotopic (exact) mass is 290 g/mol. The summed E-state index contributed by atoms with van der Waals surface area (Å²) in [7, 11) is 0.